The molecule has 176 valence electrons. The molecule has 5 rings (SSSR count). The fourth-order valence-corrected chi connectivity index (χ4v) is 4.43. The predicted octanol–water partition coefficient (Wildman–Crippen LogP) is 4.48. The predicted molar refractivity (Wildman–Crippen MR) is 135 cm³/mol. The van der Waals surface area contributed by atoms with Crippen molar-refractivity contribution in [2.75, 3.05) is 18.4 Å². The molecule has 1 fully saturated rings. The highest BCUT2D eigenvalue weighted by Gasteiger charge is 2.30. The van der Waals surface area contributed by atoms with Gasteiger partial charge in [-0.05, 0) is 42.7 Å². The molecule has 0 unspecified atom stereocenters. The summed E-state index contributed by atoms with van der Waals surface area (Å²) in [5, 5.41) is 7.73. The van der Waals surface area contributed by atoms with Crippen molar-refractivity contribution in [2.24, 2.45) is 5.92 Å². The van der Waals surface area contributed by atoms with E-state index in [1.54, 1.807) is 12.4 Å². The van der Waals surface area contributed by atoms with Crippen LogP contribution in [0.3, 0.4) is 0 Å². The zero-order valence-corrected chi connectivity index (χ0v) is 19.4. The van der Waals surface area contributed by atoms with Crippen LogP contribution < -0.4 is 5.32 Å². The molecule has 0 radical (unpaired) electrons. The molecule has 0 saturated carbocycles. The molecule has 2 amide bonds. The monoisotopic (exact) mass is 465 g/mol. The number of likely N-dealkylation sites (tertiary alicyclic amines) is 1. The van der Waals surface area contributed by atoms with E-state index < -0.39 is 0 Å². The van der Waals surface area contributed by atoms with Crippen molar-refractivity contribution in [3.63, 3.8) is 0 Å². The van der Waals surface area contributed by atoms with Crippen molar-refractivity contribution in [1.82, 2.24) is 19.7 Å². The molecular formula is C28H27N5O2. The summed E-state index contributed by atoms with van der Waals surface area (Å²) in [6.45, 7) is 1.63. The molecule has 0 spiro atoms. The zero-order chi connectivity index (χ0) is 24.0. The number of carbonyl (C=O) groups excluding carboxylic acids is 2. The van der Waals surface area contributed by atoms with Crippen LogP contribution >= 0.6 is 0 Å². The number of carbonyl (C=O) groups is 2. The van der Waals surface area contributed by atoms with Crippen molar-refractivity contribution in [2.45, 2.75) is 19.4 Å². The van der Waals surface area contributed by atoms with E-state index in [1.165, 1.54) is 0 Å². The fourth-order valence-electron chi connectivity index (χ4n) is 4.43. The molecule has 3 heterocycles. The smallest absolute Gasteiger partial charge is 0.257 e. The van der Waals surface area contributed by atoms with E-state index in [0.29, 0.717) is 43.7 Å². The first-order valence-electron chi connectivity index (χ1n) is 11.8. The number of pyridine rings is 1. The molecule has 7 heteroatoms. The van der Waals surface area contributed by atoms with Crippen LogP contribution in [0.25, 0.3) is 11.3 Å². The summed E-state index contributed by atoms with van der Waals surface area (Å²) in [7, 11) is 0. The van der Waals surface area contributed by atoms with Crippen LogP contribution in [-0.4, -0.2) is 44.6 Å². The molecule has 0 aliphatic carbocycles. The molecule has 1 saturated heterocycles. The molecule has 35 heavy (non-hydrogen) atoms. The molecule has 1 aliphatic heterocycles. The number of piperidine rings is 1. The lowest BCUT2D eigenvalue weighted by atomic mass is 9.95. The van der Waals surface area contributed by atoms with E-state index in [9.17, 15) is 9.59 Å². The fraction of sp³-hybridized carbons (Fsp3) is 0.214. The quantitative estimate of drug-likeness (QED) is 0.455. The van der Waals surface area contributed by atoms with E-state index >= 15 is 0 Å². The molecule has 7 nitrogen and oxygen atoms in total. The van der Waals surface area contributed by atoms with Crippen LogP contribution in [0.1, 0.15) is 28.8 Å². The van der Waals surface area contributed by atoms with E-state index in [-0.39, 0.29) is 17.7 Å². The van der Waals surface area contributed by atoms with Gasteiger partial charge in [0.25, 0.3) is 5.91 Å². The van der Waals surface area contributed by atoms with Crippen molar-refractivity contribution < 1.29 is 9.59 Å². The van der Waals surface area contributed by atoms with Crippen molar-refractivity contribution in [3.05, 3.63) is 103 Å². The van der Waals surface area contributed by atoms with Gasteiger partial charge < -0.3 is 10.2 Å². The number of hydrogen-bond donors (Lipinski definition) is 1. The third-order valence-electron chi connectivity index (χ3n) is 6.31. The van der Waals surface area contributed by atoms with Crippen molar-refractivity contribution in [3.8, 4) is 11.3 Å². The van der Waals surface area contributed by atoms with E-state index in [4.69, 9.17) is 5.10 Å². The number of benzene rings is 2. The van der Waals surface area contributed by atoms with Crippen molar-refractivity contribution >= 4 is 17.5 Å². The molecule has 2 aromatic heterocycles. The number of nitrogens with one attached hydrogen (secondary N) is 1. The van der Waals surface area contributed by atoms with Gasteiger partial charge in [-0.15, -0.1) is 0 Å². The molecule has 0 atom stereocenters. The maximum Gasteiger partial charge on any atom is 0.257 e. The minimum absolute atomic E-state index is 0.00929. The molecule has 1 N–H and O–H groups in total. The molecule has 1 aliphatic rings. The summed E-state index contributed by atoms with van der Waals surface area (Å²) in [6, 6.07) is 23.3. The minimum Gasteiger partial charge on any atom is -0.338 e. The average molecular weight is 466 g/mol. The first-order valence-corrected chi connectivity index (χ1v) is 11.8. The Labute approximate surface area is 204 Å². The highest BCUT2D eigenvalue weighted by atomic mass is 16.2. The highest BCUT2D eigenvalue weighted by molar-refractivity contribution is 6.00. The Hall–Kier alpha value is -4.26. The molecule has 0 bridgehead atoms. The van der Waals surface area contributed by atoms with Crippen LogP contribution in [0.2, 0.25) is 0 Å². The summed E-state index contributed by atoms with van der Waals surface area (Å²) in [5.74, 6) is -0.169. The Bertz CT molecular complexity index is 1280. The molecular weight excluding hydrogens is 438 g/mol. The number of amides is 2. The Morgan fingerprint density at radius 1 is 0.914 bits per heavy atom. The lowest BCUT2D eigenvalue weighted by Gasteiger charge is -2.31. The van der Waals surface area contributed by atoms with Gasteiger partial charge in [0, 0.05) is 48.8 Å². The van der Waals surface area contributed by atoms with Gasteiger partial charge in [-0.1, -0.05) is 48.5 Å². The van der Waals surface area contributed by atoms with E-state index in [2.05, 4.69) is 10.3 Å². The second-order valence-electron chi connectivity index (χ2n) is 8.74. The Morgan fingerprint density at radius 3 is 2.31 bits per heavy atom. The van der Waals surface area contributed by atoms with E-state index in [1.807, 2.05) is 88.6 Å². The number of hydrogen-bond acceptors (Lipinski definition) is 4. The molecule has 2 aromatic carbocycles. The Morgan fingerprint density at radius 2 is 1.63 bits per heavy atom. The van der Waals surface area contributed by atoms with Gasteiger partial charge in [0.1, 0.15) is 5.69 Å². The molecule has 4 aromatic rings. The van der Waals surface area contributed by atoms with Crippen LogP contribution in [0.15, 0.2) is 91.4 Å². The minimum atomic E-state index is -0.113. The third-order valence-corrected chi connectivity index (χ3v) is 6.31. The van der Waals surface area contributed by atoms with Gasteiger partial charge in [-0.3, -0.25) is 19.3 Å². The number of nitrogens with zero attached hydrogens (tertiary/aromatic N) is 4. The summed E-state index contributed by atoms with van der Waals surface area (Å²) in [6.07, 6.45) is 6.52. The first-order chi connectivity index (χ1) is 17.2. The zero-order valence-electron chi connectivity index (χ0n) is 19.4. The van der Waals surface area contributed by atoms with Gasteiger partial charge in [-0.2, -0.15) is 5.10 Å². The lowest BCUT2D eigenvalue weighted by molar-refractivity contribution is -0.121. The number of aromatic nitrogens is 3. The SMILES string of the molecule is O=C(Nc1ccccc1)C1CCN(C(=O)c2cn(Cc3ccccc3)nc2-c2cccnc2)CC1. The Balaban J connectivity index is 1.31. The first kappa shape index (κ1) is 22.5. The topological polar surface area (TPSA) is 80.1 Å². The van der Waals surface area contributed by atoms with Crippen molar-refractivity contribution in [1.29, 1.82) is 0 Å². The summed E-state index contributed by atoms with van der Waals surface area (Å²) in [5.41, 5.74) is 3.89. The second-order valence-corrected chi connectivity index (χ2v) is 8.74. The van der Waals surface area contributed by atoms with Gasteiger partial charge in [-0.25, -0.2) is 0 Å². The van der Waals surface area contributed by atoms with Crippen LogP contribution in [0, 0.1) is 5.92 Å². The maximum absolute atomic E-state index is 13.6. The van der Waals surface area contributed by atoms with Gasteiger partial charge in [0.15, 0.2) is 0 Å². The van der Waals surface area contributed by atoms with Gasteiger partial charge in [0.2, 0.25) is 5.91 Å². The van der Waals surface area contributed by atoms with E-state index in [0.717, 1.165) is 16.8 Å². The summed E-state index contributed by atoms with van der Waals surface area (Å²) < 4.78 is 1.81. The largest absolute Gasteiger partial charge is 0.338 e. The highest BCUT2D eigenvalue weighted by Crippen LogP contribution is 2.26. The summed E-state index contributed by atoms with van der Waals surface area (Å²) >= 11 is 0. The number of para-hydroxylation sites is 1. The number of rotatable bonds is 6. The van der Waals surface area contributed by atoms with Crippen LogP contribution in [0.4, 0.5) is 5.69 Å². The van der Waals surface area contributed by atoms with Gasteiger partial charge in [0.05, 0.1) is 12.1 Å². The van der Waals surface area contributed by atoms with Gasteiger partial charge >= 0.3 is 0 Å². The van der Waals surface area contributed by atoms with Crippen LogP contribution in [0.5, 0.6) is 0 Å². The second kappa shape index (κ2) is 10.3. The normalized spacial score (nSPS) is 14.0. The maximum atomic E-state index is 13.6. The third kappa shape index (κ3) is 5.30. The summed E-state index contributed by atoms with van der Waals surface area (Å²) in [4.78, 5) is 32.3. The Kier molecular flexibility index (Phi) is 6.66. The lowest BCUT2D eigenvalue weighted by Crippen LogP contribution is -2.41. The standard InChI is InChI=1S/C28H27N5O2/c34-27(30-24-11-5-2-6-12-24)22-13-16-32(17-14-22)28(35)25-20-33(19-21-8-3-1-4-9-21)31-26(25)23-10-7-15-29-18-23/h1-12,15,18,20,22H,13-14,16-17,19H2,(H,30,34). The van der Waals surface area contributed by atoms with Crippen LogP contribution in [-0.2, 0) is 11.3 Å². The average Bonchev–Trinajstić information content (AvgIpc) is 3.33. The number of anilines is 1.